The number of hydrogen-bond acceptors (Lipinski definition) is 17. The third kappa shape index (κ3) is 11.1. The second-order valence-electron chi connectivity index (χ2n) is 25.4. The first-order valence-electron chi connectivity index (χ1n) is 29.4. The average molecular weight is 1100 g/mol. The number of carbonyl (C=O) groups is 3. The summed E-state index contributed by atoms with van der Waals surface area (Å²) in [5, 5.41) is 68.8. The van der Waals surface area contributed by atoms with Gasteiger partial charge in [-0.05, 0) is 90.4 Å². The number of aliphatic hydroxyl groups is 6. The predicted molar refractivity (Wildman–Crippen MR) is 287 cm³/mol. The van der Waals surface area contributed by atoms with E-state index in [0.717, 1.165) is 16.7 Å². The molecule has 1 saturated carbocycles. The van der Waals surface area contributed by atoms with Crippen molar-refractivity contribution in [2.75, 3.05) is 13.7 Å². The van der Waals surface area contributed by atoms with Gasteiger partial charge >= 0.3 is 5.97 Å². The van der Waals surface area contributed by atoms with E-state index < -0.39 is 144 Å². The second-order valence-corrected chi connectivity index (χ2v) is 25.4. The number of ether oxygens (including phenoxy) is 8. The van der Waals surface area contributed by atoms with Crippen LogP contribution < -0.4 is 0 Å². The molecule has 0 aromatic rings. The quantitative estimate of drug-likeness (QED) is 0.0715. The minimum absolute atomic E-state index is 0.0414. The Morgan fingerprint density at radius 1 is 0.744 bits per heavy atom. The van der Waals surface area contributed by atoms with Gasteiger partial charge < -0.3 is 68.5 Å². The Bertz CT molecular complexity index is 2290. The normalized spacial score (nSPS) is 48.6. The van der Waals surface area contributed by atoms with E-state index in [2.05, 4.69) is 26.0 Å². The van der Waals surface area contributed by atoms with Gasteiger partial charge in [0.1, 0.15) is 35.4 Å². The first-order valence-corrected chi connectivity index (χ1v) is 29.4. The Morgan fingerprint density at radius 2 is 1.36 bits per heavy atom. The lowest BCUT2D eigenvalue weighted by atomic mass is 9.47. The number of Topliss-reactive ketones (excluding diaryl/α,β-unsaturated/α-hetero) is 2. The summed E-state index contributed by atoms with van der Waals surface area (Å²) in [6.07, 6.45) is -0.691. The van der Waals surface area contributed by atoms with Crippen molar-refractivity contribution in [3.8, 4) is 0 Å². The molecule has 12 unspecified atom stereocenters. The van der Waals surface area contributed by atoms with Crippen molar-refractivity contribution in [2.45, 2.75) is 245 Å². The first kappa shape index (κ1) is 61.2. The molecule has 8 aliphatic rings. The summed E-state index contributed by atoms with van der Waals surface area (Å²) in [5.74, 6) is -5.19. The van der Waals surface area contributed by atoms with Crippen LogP contribution in [-0.2, 0) is 52.3 Å². The zero-order valence-corrected chi connectivity index (χ0v) is 48.6. The highest BCUT2D eigenvalue weighted by molar-refractivity contribution is 6.26. The molecule has 0 aromatic carbocycles. The molecule has 440 valence electrons. The smallest absolute Gasteiger partial charge is 0.346 e. The van der Waals surface area contributed by atoms with Gasteiger partial charge in [-0.25, -0.2) is 4.79 Å². The van der Waals surface area contributed by atoms with Crippen LogP contribution in [0.1, 0.15) is 154 Å². The van der Waals surface area contributed by atoms with Gasteiger partial charge in [-0.1, -0.05) is 89.8 Å². The topological polar surface area (TPSA) is 246 Å². The summed E-state index contributed by atoms with van der Waals surface area (Å²) in [6.45, 7) is 23.2. The van der Waals surface area contributed by atoms with E-state index in [1.807, 2.05) is 68.4 Å². The molecule has 5 fully saturated rings. The standard InChI is InChI=1S/C61H94O17/c1-14-39-21-38(28-62)19-31(5)53(75-47-24-44(66)54(36(10)73-47)76-48-25-45(71-13)55(37(11)74-48)77-46-23-43(65)52(67)35(9)72-46)29(3)17-16-18-59(12)26-32(6)33(7)27-61(59)57(69)49(58(70)78-61)56(68)60(15-2)50(39)30(4)20-40-42(64)22-41(63)34(8)51(40)60/h20-21,26,29,31,33-38,40,42-48,50-55,62,64-68H,14-19,22-25,27-28H2,1-13H3/b39-21+,56-49?/t29?,31?,33?,34?,35-,36-,37-,38?,40?,42?,43+,44+,45-,46+,47+,48-,50?,51?,52-,53+,54-,55-,59?,60?,61?/m1/s1. The van der Waals surface area contributed by atoms with Gasteiger partial charge in [0.05, 0.1) is 48.8 Å². The van der Waals surface area contributed by atoms with Crippen molar-refractivity contribution in [1.82, 2.24) is 0 Å². The zero-order valence-electron chi connectivity index (χ0n) is 48.6. The lowest BCUT2D eigenvalue weighted by molar-refractivity contribution is -0.338. The van der Waals surface area contributed by atoms with Crippen molar-refractivity contribution >= 4 is 17.5 Å². The molecule has 4 saturated heterocycles. The van der Waals surface area contributed by atoms with Gasteiger partial charge in [-0.2, -0.15) is 0 Å². The number of ketones is 2. The van der Waals surface area contributed by atoms with E-state index in [-0.39, 0.29) is 80.0 Å². The van der Waals surface area contributed by atoms with Crippen molar-refractivity contribution in [2.24, 2.45) is 58.2 Å². The number of fused-ring (bicyclic) bond motifs is 4. The number of rotatable bonds is 10. The van der Waals surface area contributed by atoms with Crippen LogP contribution in [0.2, 0.25) is 0 Å². The monoisotopic (exact) mass is 1100 g/mol. The van der Waals surface area contributed by atoms with E-state index in [9.17, 15) is 40.2 Å². The Morgan fingerprint density at radius 3 is 1.97 bits per heavy atom. The molecular weight excluding hydrogens is 1000 g/mol. The Labute approximate surface area is 462 Å². The van der Waals surface area contributed by atoms with E-state index in [4.69, 9.17) is 37.9 Å². The van der Waals surface area contributed by atoms with Gasteiger partial charge in [0, 0.05) is 80.3 Å². The fourth-order valence-corrected chi connectivity index (χ4v) is 16.0. The molecule has 17 heteroatoms. The van der Waals surface area contributed by atoms with Gasteiger partial charge in [0.25, 0.3) is 0 Å². The molecule has 2 bridgehead atoms. The van der Waals surface area contributed by atoms with E-state index in [1.54, 1.807) is 14.0 Å². The molecule has 25 atom stereocenters. The number of hydrogen-bond donors (Lipinski definition) is 6. The van der Waals surface area contributed by atoms with Gasteiger partial charge in [-0.15, -0.1) is 0 Å². The molecule has 0 aromatic heterocycles. The van der Waals surface area contributed by atoms with Gasteiger partial charge in [0.2, 0.25) is 5.78 Å². The molecule has 4 heterocycles. The molecule has 0 amide bonds. The van der Waals surface area contributed by atoms with Crippen LogP contribution in [0.3, 0.4) is 0 Å². The van der Waals surface area contributed by atoms with Crippen LogP contribution in [0.25, 0.3) is 0 Å². The van der Waals surface area contributed by atoms with Crippen LogP contribution in [0.15, 0.2) is 46.3 Å². The molecular formula is C61H94O17. The van der Waals surface area contributed by atoms with Gasteiger partial charge in [-0.3, -0.25) is 9.59 Å². The molecule has 78 heavy (non-hydrogen) atoms. The molecule has 6 N–H and O–H groups in total. The lowest BCUT2D eigenvalue weighted by Crippen LogP contribution is -2.57. The SMILES string of the molecule is CC/C1=C\C(CO)CC(C)[C@@H](O[C@H]2C[C@H](O)[C@H](O[C@@H]3C[C@@H](OC)[C@H](O[C@H]4C[C@H](O)[C@H](O)[C@@H](C)O4)[C@@H](C)O3)[C@@H](C)O2)C(C)CCCC2(C)C=C(C)C(C)CC23OC(=O)C(=C(O)C2(CC)C1C(C)=CC1C(O)CC(=O)C(C)C12)C3=O. The third-order valence-electron chi connectivity index (χ3n) is 20.3. The Kier molecular flexibility index (Phi) is 18.9. The summed E-state index contributed by atoms with van der Waals surface area (Å²) in [7, 11) is 1.57. The van der Waals surface area contributed by atoms with E-state index >= 15 is 4.79 Å². The second kappa shape index (κ2) is 24.1. The molecule has 4 aliphatic carbocycles. The summed E-state index contributed by atoms with van der Waals surface area (Å²) in [6, 6.07) is 0. The van der Waals surface area contributed by atoms with Crippen LogP contribution in [0.4, 0.5) is 0 Å². The van der Waals surface area contributed by atoms with Crippen molar-refractivity contribution in [1.29, 1.82) is 0 Å². The predicted octanol–water partition coefficient (Wildman–Crippen LogP) is 7.28. The van der Waals surface area contributed by atoms with Crippen LogP contribution >= 0.6 is 0 Å². The average Bonchev–Trinajstić information content (AvgIpc) is 3.88. The summed E-state index contributed by atoms with van der Waals surface area (Å²) >= 11 is 0. The molecule has 1 spiro atoms. The Balaban J connectivity index is 1.09. The van der Waals surface area contributed by atoms with Crippen molar-refractivity contribution in [3.63, 3.8) is 0 Å². The van der Waals surface area contributed by atoms with Crippen LogP contribution in [0, 0.1) is 58.2 Å². The fraction of sp³-hybridized carbons (Fsp3) is 0.820. The molecule has 8 rings (SSSR count). The highest BCUT2D eigenvalue weighted by atomic mass is 16.7. The fourth-order valence-electron chi connectivity index (χ4n) is 16.0. The van der Waals surface area contributed by atoms with Crippen LogP contribution in [0.5, 0.6) is 0 Å². The highest BCUT2D eigenvalue weighted by Crippen LogP contribution is 2.64. The van der Waals surface area contributed by atoms with Crippen LogP contribution in [-0.4, -0.2) is 154 Å². The van der Waals surface area contributed by atoms with E-state index in [0.29, 0.717) is 32.1 Å². The minimum atomic E-state index is -1.62. The van der Waals surface area contributed by atoms with Gasteiger partial charge in [0.15, 0.2) is 24.5 Å². The number of allylic oxidation sites excluding steroid dienone is 4. The largest absolute Gasteiger partial charge is 0.511 e. The Hall–Kier alpha value is -2.91. The molecule has 0 radical (unpaired) electrons. The maximum atomic E-state index is 15.7. The molecule has 17 nitrogen and oxygen atoms in total. The number of esters is 1. The maximum absolute atomic E-state index is 15.7. The molecule has 4 aliphatic heterocycles. The maximum Gasteiger partial charge on any atom is 0.346 e. The number of methoxy groups -OCH3 is 1. The summed E-state index contributed by atoms with van der Waals surface area (Å²) in [4.78, 5) is 44.3. The zero-order chi connectivity index (χ0) is 57.1. The number of aliphatic hydroxyl groups excluding tert-OH is 6. The third-order valence-corrected chi connectivity index (χ3v) is 20.3. The van der Waals surface area contributed by atoms with Crippen molar-refractivity contribution < 1.29 is 82.9 Å². The summed E-state index contributed by atoms with van der Waals surface area (Å²) in [5.41, 5.74) is -1.54. The summed E-state index contributed by atoms with van der Waals surface area (Å²) < 4.78 is 51.0. The van der Waals surface area contributed by atoms with E-state index in [1.165, 1.54) is 0 Å². The number of carbonyl (C=O) groups excluding carboxylic acids is 3. The lowest BCUT2D eigenvalue weighted by Gasteiger charge is -2.56. The highest BCUT2D eigenvalue weighted by Gasteiger charge is 2.67. The first-order chi connectivity index (χ1) is 36.8. The van der Waals surface area contributed by atoms with Crippen molar-refractivity contribution in [3.05, 3.63) is 46.3 Å². The minimum Gasteiger partial charge on any atom is -0.511 e.